The van der Waals surface area contributed by atoms with Crippen LogP contribution in [0.25, 0.3) is 10.8 Å². The maximum absolute atomic E-state index is 13.5. The Morgan fingerprint density at radius 1 is 1.13 bits per heavy atom. The van der Waals surface area contributed by atoms with Crippen molar-refractivity contribution in [3.8, 4) is 0 Å². The van der Waals surface area contributed by atoms with Gasteiger partial charge in [-0.15, -0.1) is 0 Å². The third-order valence-electron chi connectivity index (χ3n) is 8.07. The quantitative estimate of drug-likeness (QED) is 0.762. The van der Waals surface area contributed by atoms with E-state index in [0.29, 0.717) is 22.9 Å². The molecule has 1 amide bonds. The van der Waals surface area contributed by atoms with Crippen LogP contribution in [0.15, 0.2) is 40.7 Å². The van der Waals surface area contributed by atoms with E-state index in [1.807, 2.05) is 18.2 Å². The predicted octanol–water partition coefficient (Wildman–Crippen LogP) is 2.89. The monoisotopic (exact) mass is 418 g/mol. The number of benzene rings is 1. The molecular formula is C25H30N4O2. The molecule has 3 fully saturated rings. The highest BCUT2D eigenvalue weighted by Crippen LogP contribution is 2.45. The highest BCUT2D eigenvalue weighted by Gasteiger charge is 2.46. The van der Waals surface area contributed by atoms with Gasteiger partial charge >= 0.3 is 0 Å². The van der Waals surface area contributed by atoms with E-state index in [4.69, 9.17) is 0 Å². The van der Waals surface area contributed by atoms with Gasteiger partial charge in [0.1, 0.15) is 0 Å². The maximum atomic E-state index is 13.5. The topological polar surface area (TPSA) is 69.3 Å². The van der Waals surface area contributed by atoms with Crippen LogP contribution in [-0.2, 0) is 11.2 Å². The molecule has 4 aliphatic rings. The Balaban J connectivity index is 1.29. The summed E-state index contributed by atoms with van der Waals surface area (Å²) in [6.45, 7) is 3.17. The Morgan fingerprint density at radius 3 is 2.90 bits per heavy atom. The van der Waals surface area contributed by atoms with Crippen LogP contribution in [0.5, 0.6) is 0 Å². The SMILES string of the molecule is O=C(Cc1n[nH]c(=O)c2ccccc12)N1CCCC2=CC3CC(CN4CCCC[C@H]34)[C@@H]21. The first-order valence-corrected chi connectivity index (χ1v) is 11.9. The summed E-state index contributed by atoms with van der Waals surface area (Å²) in [5, 5.41) is 8.22. The van der Waals surface area contributed by atoms with Crippen LogP contribution in [0.2, 0.25) is 0 Å². The van der Waals surface area contributed by atoms with Gasteiger partial charge in [0.2, 0.25) is 5.91 Å². The molecule has 0 spiro atoms. The van der Waals surface area contributed by atoms with Gasteiger partial charge in [0, 0.05) is 24.5 Å². The lowest BCUT2D eigenvalue weighted by Crippen LogP contribution is -2.60. The van der Waals surface area contributed by atoms with Crippen molar-refractivity contribution in [2.75, 3.05) is 19.6 Å². The Kier molecular flexibility index (Phi) is 4.71. The summed E-state index contributed by atoms with van der Waals surface area (Å²) in [6.07, 6.45) is 10.2. The van der Waals surface area contributed by atoms with E-state index < -0.39 is 0 Å². The molecule has 2 aromatic rings. The van der Waals surface area contributed by atoms with Crippen LogP contribution in [0, 0.1) is 11.8 Å². The van der Waals surface area contributed by atoms with Crippen LogP contribution in [-0.4, -0.2) is 57.6 Å². The lowest BCUT2D eigenvalue weighted by atomic mass is 9.68. The number of hydrogen-bond donors (Lipinski definition) is 1. The third-order valence-corrected chi connectivity index (χ3v) is 8.07. The summed E-state index contributed by atoms with van der Waals surface area (Å²) in [5.41, 5.74) is 1.97. The number of nitrogens with one attached hydrogen (secondary N) is 1. The first-order chi connectivity index (χ1) is 15.2. The lowest BCUT2D eigenvalue weighted by Gasteiger charge is -2.54. The van der Waals surface area contributed by atoms with Gasteiger partial charge in [0.25, 0.3) is 5.56 Å². The van der Waals surface area contributed by atoms with E-state index in [1.54, 1.807) is 6.07 Å². The molecule has 4 atom stereocenters. The summed E-state index contributed by atoms with van der Waals surface area (Å²) < 4.78 is 0. The van der Waals surface area contributed by atoms with Gasteiger partial charge in [-0.2, -0.15) is 5.10 Å². The molecule has 1 aromatic heterocycles. The molecule has 3 saturated heterocycles. The highest BCUT2D eigenvalue weighted by molar-refractivity contribution is 5.88. The van der Waals surface area contributed by atoms with E-state index in [2.05, 4.69) is 26.1 Å². The smallest absolute Gasteiger partial charge is 0.272 e. The molecule has 2 unspecified atom stereocenters. The first-order valence-electron chi connectivity index (χ1n) is 11.9. The molecule has 162 valence electrons. The highest BCUT2D eigenvalue weighted by atomic mass is 16.2. The molecule has 1 aliphatic carbocycles. The zero-order valence-electron chi connectivity index (χ0n) is 17.9. The van der Waals surface area contributed by atoms with E-state index >= 15 is 0 Å². The largest absolute Gasteiger partial charge is 0.335 e. The molecule has 3 aliphatic heterocycles. The van der Waals surface area contributed by atoms with E-state index in [1.165, 1.54) is 37.8 Å². The molecule has 0 saturated carbocycles. The fourth-order valence-electron chi connectivity index (χ4n) is 6.80. The van der Waals surface area contributed by atoms with Crippen molar-refractivity contribution in [1.82, 2.24) is 20.0 Å². The molecule has 1 N–H and O–H groups in total. The molecule has 31 heavy (non-hydrogen) atoms. The number of nitrogens with zero attached hydrogens (tertiary/aromatic N) is 3. The number of aromatic amines is 1. The average molecular weight is 419 g/mol. The second-order valence-corrected chi connectivity index (χ2v) is 9.82. The van der Waals surface area contributed by atoms with Crippen molar-refractivity contribution in [3.05, 3.63) is 52.0 Å². The predicted molar refractivity (Wildman–Crippen MR) is 120 cm³/mol. The van der Waals surface area contributed by atoms with E-state index in [0.717, 1.165) is 37.4 Å². The van der Waals surface area contributed by atoms with Crippen molar-refractivity contribution >= 4 is 16.7 Å². The average Bonchev–Trinajstić information content (AvgIpc) is 2.81. The Hall–Kier alpha value is -2.47. The number of fused-ring (bicyclic) bond motifs is 7. The van der Waals surface area contributed by atoms with Gasteiger partial charge in [-0.3, -0.25) is 14.5 Å². The van der Waals surface area contributed by atoms with Crippen LogP contribution < -0.4 is 5.56 Å². The zero-order valence-corrected chi connectivity index (χ0v) is 17.9. The molecule has 6 heteroatoms. The molecule has 6 rings (SSSR count). The summed E-state index contributed by atoms with van der Waals surface area (Å²) in [4.78, 5) is 30.5. The van der Waals surface area contributed by atoms with Crippen LogP contribution in [0.4, 0.5) is 0 Å². The van der Waals surface area contributed by atoms with Gasteiger partial charge < -0.3 is 4.90 Å². The molecule has 1 aromatic carbocycles. The number of hydrogen-bond acceptors (Lipinski definition) is 4. The van der Waals surface area contributed by atoms with Crippen molar-refractivity contribution in [2.45, 2.75) is 57.0 Å². The Labute approximate surface area is 182 Å². The van der Waals surface area contributed by atoms with Gasteiger partial charge in [0.15, 0.2) is 0 Å². The molecule has 4 heterocycles. The van der Waals surface area contributed by atoms with Gasteiger partial charge in [-0.05, 0) is 56.6 Å². The van der Waals surface area contributed by atoms with Crippen molar-refractivity contribution < 1.29 is 4.79 Å². The number of aromatic nitrogens is 2. The fourth-order valence-corrected chi connectivity index (χ4v) is 6.80. The van der Waals surface area contributed by atoms with Crippen LogP contribution in [0.1, 0.15) is 44.2 Å². The minimum Gasteiger partial charge on any atom is -0.335 e. The summed E-state index contributed by atoms with van der Waals surface area (Å²) in [6, 6.07) is 8.40. The number of carbonyl (C=O) groups excluding carboxylic acids is 1. The van der Waals surface area contributed by atoms with Crippen molar-refractivity contribution in [2.24, 2.45) is 11.8 Å². The van der Waals surface area contributed by atoms with Crippen LogP contribution >= 0.6 is 0 Å². The van der Waals surface area contributed by atoms with E-state index in [-0.39, 0.29) is 23.9 Å². The number of H-pyrrole nitrogens is 1. The zero-order chi connectivity index (χ0) is 20.9. The number of likely N-dealkylation sites (tertiary alicyclic amines) is 1. The Morgan fingerprint density at radius 2 is 2.00 bits per heavy atom. The van der Waals surface area contributed by atoms with Crippen LogP contribution in [0.3, 0.4) is 0 Å². The normalized spacial score (nSPS) is 30.5. The molecule has 2 bridgehead atoms. The number of amides is 1. The third kappa shape index (κ3) is 3.23. The number of rotatable bonds is 2. The fraction of sp³-hybridized carbons (Fsp3) is 0.560. The number of carbonyl (C=O) groups is 1. The Bertz CT molecular complexity index is 1110. The second kappa shape index (κ2) is 7.59. The number of piperidine rings is 3. The minimum absolute atomic E-state index is 0.138. The summed E-state index contributed by atoms with van der Waals surface area (Å²) in [5.74, 6) is 1.36. The standard InChI is InChI=1S/C25H30N4O2/c30-23(14-21-19-7-1-2-8-20(19)25(31)27-26-21)29-11-5-6-16-12-17-13-18(24(16)29)15-28-10-4-3-9-22(17)28/h1-2,7-8,12,17-18,22,24H,3-6,9-11,13-15H2,(H,27,31)/t17?,18?,22-,24-/m1/s1. The van der Waals surface area contributed by atoms with Crippen molar-refractivity contribution in [3.63, 3.8) is 0 Å². The van der Waals surface area contributed by atoms with E-state index in [9.17, 15) is 9.59 Å². The summed E-state index contributed by atoms with van der Waals surface area (Å²) >= 11 is 0. The van der Waals surface area contributed by atoms with Gasteiger partial charge in [-0.1, -0.05) is 36.3 Å². The minimum atomic E-state index is -0.202. The molecular weight excluding hydrogens is 388 g/mol. The molecule has 6 nitrogen and oxygen atoms in total. The van der Waals surface area contributed by atoms with Gasteiger partial charge in [-0.25, -0.2) is 5.10 Å². The summed E-state index contributed by atoms with van der Waals surface area (Å²) in [7, 11) is 0. The van der Waals surface area contributed by atoms with Crippen molar-refractivity contribution in [1.29, 1.82) is 0 Å². The van der Waals surface area contributed by atoms with Gasteiger partial charge in [0.05, 0.1) is 23.5 Å². The molecule has 0 radical (unpaired) electrons. The first kappa shape index (κ1) is 19.2. The lowest BCUT2D eigenvalue weighted by molar-refractivity contribution is -0.135. The second-order valence-electron chi connectivity index (χ2n) is 9.82. The maximum Gasteiger partial charge on any atom is 0.272 e.